The number of carbonyl (C=O) groups excluding carboxylic acids is 1. The maximum absolute atomic E-state index is 12.3. The number of likely N-dealkylation sites (N-methyl/N-ethyl adjacent to an activating group) is 1. The summed E-state index contributed by atoms with van der Waals surface area (Å²) >= 11 is 0. The molecule has 23 heavy (non-hydrogen) atoms. The van der Waals surface area contributed by atoms with Gasteiger partial charge in [-0.2, -0.15) is 0 Å². The van der Waals surface area contributed by atoms with Crippen molar-refractivity contribution in [2.75, 3.05) is 13.6 Å². The number of aliphatic carboxylic acids is 1. The minimum Gasteiger partial charge on any atom is -0.481 e. The van der Waals surface area contributed by atoms with Crippen LogP contribution in [0.25, 0.3) is 0 Å². The van der Waals surface area contributed by atoms with Crippen molar-refractivity contribution in [3.63, 3.8) is 0 Å². The third-order valence-electron chi connectivity index (χ3n) is 3.75. The largest absolute Gasteiger partial charge is 0.481 e. The Morgan fingerprint density at radius 2 is 2.00 bits per heavy atom. The smallest absolute Gasteiger partial charge is 0.303 e. The van der Waals surface area contributed by atoms with Gasteiger partial charge in [0.25, 0.3) is 0 Å². The Labute approximate surface area is 135 Å². The molecule has 0 atom stereocenters. The fourth-order valence-electron chi connectivity index (χ4n) is 2.32. The van der Waals surface area contributed by atoms with Crippen LogP contribution in [-0.4, -0.2) is 45.0 Å². The van der Waals surface area contributed by atoms with Gasteiger partial charge in [-0.15, -0.1) is 0 Å². The van der Waals surface area contributed by atoms with Gasteiger partial charge in [0.2, 0.25) is 5.91 Å². The molecule has 0 radical (unpaired) electrons. The van der Waals surface area contributed by atoms with Crippen molar-refractivity contribution in [3.05, 3.63) is 54.1 Å². The Hall–Kier alpha value is -2.63. The zero-order valence-electron chi connectivity index (χ0n) is 13.2. The minimum atomic E-state index is -0.830. The van der Waals surface area contributed by atoms with E-state index in [1.165, 1.54) is 0 Å². The van der Waals surface area contributed by atoms with E-state index in [9.17, 15) is 9.59 Å². The quantitative estimate of drug-likeness (QED) is 0.803. The first kappa shape index (κ1) is 16.7. The van der Waals surface area contributed by atoms with Gasteiger partial charge >= 0.3 is 5.97 Å². The predicted molar refractivity (Wildman–Crippen MR) is 86.0 cm³/mol. The van der Waals surface area contributed by atoms with E-state index in [-0.39, 0.29) is 18.7 Å². The highest BCUT2D eigenvalue weighted by molar-refractivity contribution is 5.79. The number of carbonyl (C=O) groups is 2. The lowest BCUT2D eigenvalue weighted by Gasteiger charge is -2.18. The van der Waals surface area contributed by atoms with Gasteiger partial charge in [0.05, 0.1) is 12.7 Å². The van der Waals surface area contributed by atoms with Crippen LogP contribution in [0.1, 0.15) is 17.5 Å². The average molecular weight is 315 g/mol. The summed E-state index contributed by atoms with van der Waals surface area (Å²) in [4.78, 5) is 28.7. The van der Waals surface area contributed by atoms with Gasteiger partial charge in [-0.25, -0.2) is 4.98 Å². The molecular weight excluding hydrogens is 294 g/mol. The van der Waals surface area contributed by atoms with Gasteiger partial charge in [-0.3, -0.25) is 9.59 Å². The summed E-state index contributed by atoms with van der Waals surface area (Å²) in [5, 5.41) is 8.81. The molecule has 122 valence electrons. The molecule has 0 aliphatic carbocycles. The fraction of sp³-hybridized carbons (Fsp3) is 0.353. The van der Waals surface area contributed by atoms with E-state index in [0.717, 1.165) is 11.1 Å². The van der Waals surface area contributed by atoms with E-state index in [0.29, 0.717) is 19.5 Å². The summed E-state index contributed by atoms with van der Waals surface area (Å²) in [7, 11) is 1.78. The number of rotatable bonds is 8. The van der Waals surface area contributed by atoms with Gasteiger partial charge in [0.1, 0.15) is 0 Å². The predicted octanol–water partition coefficient (Wildman–Crippen LogP) is 1.60. The number of carboxylic acid groups (broad SMARTS) is 1. The van der Waals surface area contributed by atoms with Crippen LogP contribution in [0.4, 0.5) is 0 Å². The summed E-state index contributed by atoms with van der Waals surface area (Å²) < 4.78 is 1.92. The number of carboxylic acids is 1. The Morgan fingerprint density at radius 1 is 1.26 bits per heavy atom. The van der Waals surface area contributed by atoms with Crippen LogP contribution in [0.3, 0.4) is 0 Å². The number of hydrogen-bond donors (Lipinski definition) is 1. The van der Waals surface area contributed by atoms with Crippen molar-refractivity contribution in [3.8, 4) is 0 Å². The zero-order chi connectivity index (χ0) is 16.7. The molecule has 1 aromatic carbocycles. The molecule has 0 unspecified atom stereocenters. The summed E-state index contributed by atoms with van der Waals surface area (Å²) in [5.74, 6) is -0.809. The highest BCUT2D eigenvalue weighted by Gasteiger charge is 2.12. The van der Waals surface area contributed by atoms with Crippen LogP contribution in [-0.2, 0) is 29.0 Å². The summed E-state index contributed by atoms with van der Waals surface area (Å²) in [6.07, 6.45) is 6.09. The molecule has 0 saturated heterocycles. The minimum absolute atomic E-state index is 0.0212. The lowest BCUT2D eigenvalue weighted by Crippen LogP contribution is -2.31. The van der Waals surface area contributed by atoms with E-state index in [2.05, 4.69) is 4.98 Å². The van der Waals surface area contributed by atoms with Crippen LogP contribution in [0.2, 0.25) is 0 Å². The Kier molecular flexibility index (Phi) is 5.91. The maximum atomic E-state index is 12.3. The van der Waals surface area contributed by atoms with Gasteiger partial charge in [0.15, 0.2) is 0 Å². The monoisotopic (exact) mass is 315 g/mol. The fourth-order valence-corrected chi connectivity index (χ4v) is 2.32. The molecule has 0 spiro atoms. The molecule has 1 N–H and O–H groups in total. The van der Waals surface area contributed by atoms with Crippen molar-refractivity contribution in [1.29, 1.82) is 0 Å². The number of benzene rings is 1. The lowest BCUT2D eigenvalue weighted by atomic mass is 10.00. The molecule has 1 aromatic heterocycles. The maximum Gasteiger partial charge on any atom is 0.303 e. The molecule has 1 heterocycles. The average Bonchev–Trinajstić information content (AvgIpc) is 3.05. The van der Waals surface area contributed by atoms with Crippen LogP contribution in [0.15, 0.2) is 43.0 Å². The Balaban J connectivity index is 1.92. The second-order valence-corrected chi connectivity index (χ2v) is 5.46. The third-order valence-corrected chi connectivity index (χ3v) is 3.75. The topological polar surface area (TPSA) is 75.4 Å². The van der Waals surface area contributed by atoms with Gasteiger partial charge in [-0.1, -0.05) is 24.3 Å². The molecular formula is C17H21N3O3. The van der Waals surface area contributed by atoms with Gasteiger partial charge in [0, 0.05) is 39.0 Å². The van der Waals surface area contributed by atoms with Crippen LogP contribution in [0.5, 0.6) is 0 Å². The van der Waals surface area contributed by atoms with Crippen molar-refractivity contribution >= 4 is 11.9 Å². The van der Waals surface area contributed by atoms with E-state index in [1.54, 1.807) is 24.5 Å². The number of aryl methyl sites for hydroxylation is 1. The first-order valence-corrected chi connectivity index (χ1v) is 7.54. The Bertz CT molecular complexity index is 653. The van der Waals surface area contributed by atoms with Crippen molar-refractivity contribution < 1.29 is 14.7 Å². The van der Waals surface area contributed by atoms with Gasteiger partial charge < -0.3 is 14.6 Å². The van der Waals surface area contributed by atoms with Crippen LogP contribution >= 0.6 is 0 Å². The molecule has 0 bridgehead atoms. The Morgan fingerprint density at radius 3 is 2.65 bits per heavy atom. The van der Waals surface area contributed by atoms with E-state index in [4.69, 9.17) is 5.11 Å². The molecule has 0 aliphatic rings. The first-order chi connectivity index (χ1) is 11.1. The SMILES string of the molecule is CN(CCn1ccnc1)C(=O)Cc1ccccc1CCC(=O)O. The second kappa shape index (κ2) is 8.12. The molecule has 0 saturated carbocycles. The second-order valence-electron chi connectivity index (χ2n) is 5.46. The summed E-state index contributed by atoms with van der Waals surface area (Å²) in [6.45, 7) is 1.30. The normalized spacial score (nSPS) is 10.5. The number of aromatic nitrogens is 2. The van der Waals surface area contributed by atoms with Crippen LogP contribution in [0, 0.1) is 0 Å². The van der Waals surface area contributed by atoms with E-state index in [1.807, 2.05) is 35.0 Å². The van der Waals surface area contributed by atoms with E-state index < -0.39 is 5.97 Å². The number of hydrogen-bond acceptors (Lipinski definition) is 3. The summed E-state index contributed by atoms with van der Waals surface area (Å²) in [5.41, 5.74) is 1.82. The van der Waals surface area contributed by atoms with E-state index >= 15 is 0 Å². The van der Waals surface area contributed by atoms with Crippen LogP contribution < -0.4 is 0 Å². The number of amides is 1. The molecule has 0 aliphatic heterocycles. The number of nitrogens with zero attached hydrogens (tertiary/aromatic N) is 3. The molecule has 2 aromatic rings. The van der Waals surface area contributed by atoms with Gasteiger partial charge in [-0.05, 0) is 17.5 Å². The standard InChI is InChI=1S/C17H21N3O3/c1-19(10-11-20-9-8-18-13-20)16(21)12-15-5-3-2-4-14(15)6-7-17(22)23/h2-5,8-9,13H,6-7,10-12H2,1H3,(H,22,23). The van der Waals surface area contributed by atoms with Crippen molar-refractivity contribution in [2.24, 2.45) is 0 Å². The molecule has 0 fully saturated rings. The molecule has 6 nitrogen and oxygen atoms in total. The number of imidazole rings is 1. The highest BCUT2D eigenvalue weighted by Crippen LogP contribution is 2.13. The molecule has 6 heteroatoms. The zero-order valence-corrected chi connectivity index (χ0v) is 13.2. The highest BCUT2D eigenvalue weighted by atomic mass is 16.4. The summed E-state index contributed by atoms with van der Waals surface area (Å²) in [6, 6.07) is 7.52. The van der Waals surface area contributed by atoms with Crippen molar-refractivity contribution in [1.82, 2.24) is 14.5 Å². The third kappa shape index (κ3) is 5.25. The first-order valence-electron chi connectivity index (χ1n) is 7.54. The molecule has 2 rings (SSSR count). The lowest BCUT2D eigenvalue weighted by molar-refractivity contribution is -0.137. The molecule has 1 amide bonds. The van der Waals surface area contributed by atoms with Crippen molar-refractivity contribution in [2.45, 2.75) is 25.8 Å².